The lowest BCUT2D eigenvalue weighted by Crippen LogP contribution is -2.10. The molecule has 5 nitrogen and oxygen atoms in total. The molecule has 0 aliphatic heterocycles. The van der Waals surface area contributed by atoms with Crippen molar-refractivity contribution in [1.82, 2.24) is 0 Å². The predicted molar refractivity (Wildman–Crippen MR) is 87.6 cm³/mol. The van der Waals surface area contributed by atoms with Crippen molar-refractivity contribution >= 4 is 21.8 Å². The van der Waals surface area contributed by atoms with Gasteiger partial charge in [-0.1, -0.05) is 30.3 Å². The van der Waals surface area contributed by atoms with Gasteiger partial charge in [-0.2, -0.15) is 8.78 Å². The number of hydrogen-bond donors (Lipinski definition) is 1. The smallest absolute Gasteiger partial charge is 0.387 e. The van der Waals surface area contributed by atoms with E-state index in [-0.39, 0.29) is 17.2 Å². The molecule has 0 fully saturated rings. The summed E-state index contributed by atoms with van der Waals surface area (Å²) in [5.41, 5.74) is 0.781. The Balaban J connectivity index is 2.18. The van der Waals surface area contributed by atoms with E-state index >= 15 is 0 Å². The Morgan fingerprint density at radius 3 is 2.42 bits per heavy atom. The fourth-order valence-corrected chi connectivity index (χ4v) is 2.72. The zero-order valence-electron chi connectivity index (χ0n) is 12.6. The number of nitrogens with one attached hydrogen (secondary N) is 1. The molecular weight excluding hydrogens is 340 g/mol. The quantitative estimate of drug-likeness (QED) is 0.822. The minimum atomic E-state index is -3.81. The Bertz CT molecular complexity index is 808. The van der Waals surface area contributed by atoms with Crippen LogP contribution in [-0.2, 0) is 10.0 Å². The van der Waals surface area contributed by atoms with E-state index in [1.807, 2.05) is 6.07 Å². The molecule has 24 heavy (non-hydrogen) atoms. The number of sulfonamides is 1. The molecule has 8 heteroatoms. The van der Waals surface area contributed by atoms with E-state index in [9.17, 15) is 17.2 Å². The summed E-state index contributed by atoms with van der Waals surface area (Å²) in [6.45, 7) is -3.05. The largest absolute Gasteiger partial charge is 0.493 e. The van der Waals surface area contributed by atoms with E-state index in [2.05, 4.69) is 9.46 Å². The van der Waals surface area contributed by atoms with E-state index in [0.717, 1.165) is 11.5 Å². The van der Waals surface area contributed by atoms with E-state index < -0.39 is 16.6 Å². The van der Waals surface area contributed by atoms with E-state index in [0.29, 0.717) is 5.56 Å². The molecule has 0 spiro atoms. The van der Waals surface area contributed by atoms with Gasteiger partial charge >= 0.3 is 6.61 Å². The first-order valence-electron chi connectivity index (χ1n) is 6.78. The molecule has 0 atom stereocenters. The van der Waals surface area contributed by atoms with Crippen molar-refractivity contribution in [2.45, 2.75) is 6.61 Å². The van der Waals surface area contributed by atoms with Gasteiger partial charge in [0, 0.05) is 6.07 Å². The number of hydrogen-bond acceptors (Lipinski definition) is 4. The minimum absolute atomic E-state index is 0.0677. The third-order valence-electron chi connectivity index (χ3n) is 2.88. The van der Waals surface area contributed by atoms with Crippen molar-refractivity contribution in [2.24, 2.45) is 0 Å². The van der Waals surface area contributed by atoms with Crippen LogP contribution in [-0.4, -0.2) is 22.1 Å². The third-order valence-corrected chi connectivity index (χ3v) is 3.89. The number of benzene rings is 2. The fourth-order valence-electron chi connectivity index (χ4n) is 1.86. The first kappa shape index (κ1) is 17.7. The first-order valence-corrected chi connectivity index (χ1v) is 8.33. The lowest BCUT2D eigenvalue weighted by atomic mass is 10.2. The van der Waals surface area contributed by atoms with E-state index in [4.69, 9.17) is 4.74 Å². The minimum Gasteiger partial charge on any atom is -0.493 e. The molecule has 0 bridgehead atoms. The predicted octanol–water partition coefficient (Wildman–Crippen LogP) is 3.71. The molecule has 0 unspecified atom stereocenters. The number of alkyl halides is 2. The molecule has 0 amide bonds. The van der Waals surface area contributed by atoms with Crippen molar-refractivity contribution in [3.8, 4) is 11.5 Å². The van der Waals surface area contributed by atoms with Crippen LogP contribution in [0.4, 0.5) is 14.5 Å². The Morgan fingerprint density at radius 2 is 1.79 bits per heavy atom. The fraction of sp³-hybridized carbons (Fsp3) is 0.125. The van der Waals surface area contributed by atoms with Crippen LogP contribution in [0.2, 0.25) is 0 Å². The molecular formula is C16H15F2NO4S. The summed E-state index contributed by atoms with van der Waals surface area (Å²) >= 11 is 0. The van der Waals surface area contributed by atoms with Gasteiger partial charge in [-0.25, -0.2) is 8.42 Å². The second-order valence-corrected chi connectivity index (χ2v) is 6.17. The highest BCUT2D eigenvalue weighted by Crippen LogP contribution is 2.31. The van der Waals surface area contributed by atoms with Crippen LogP contribution >= 0.6 is 0 Å². The number of halogens is 2. The van der Waals surface area contributed by atoms with Gasteiger partial charge in [-0.3, -0.25) is 4.72 Å². The van der Waals surface area contributed by atoms with Crippen molar-refractivity contribution in [2.75, 3.05) is 11.8 Å². The molecule has 128 valence electrons. The topological polar surface area (TPSA) is 64.6 Å². The molecule has 2 rings (SSSR count). The molecule has 0 aromatic heterocycles. The zero-order chi connectivity index (χ0) is 17.6. The molecule has 0 aliphatic carbocycles. The van der Waals surface area contributed by atoms with Crippen LogP contribution in [0.3, 0.4) is 0 Å². The average molecular weight is 355 g/mol. The maximum Gasteiger partial charge on any atom is 0.387 e. The molecule has 2 aromatic carbocycles. The van der Waals surface area contributed by atoms with Crippen molar-refractivity contribution < 1.29 is 26.7 Å². The Kier molecular flexibility index (Phi) is 5.75. The van der Waals surface area contributed by atoms with Gasteiger partial charge in [0.05, 0.1) is 18.2 Å². The summed E-state index contributed by atoms with van der Waals surface area (Å²) < 4.78 is 60.3. The number of anilines is 1. The van der Waals surface area contributed by atoms with Gasteiger partial charge in [-0.05, 0) is 23.8 Å². The summed E-state index contributed by atoms with van der Waals surface area (Å²) in [6, 6.07) is 12.7. The standard InChI is InChI=1S/C16H15F2NO4S/c1-22-14-8-7-13(11-15(14)23-16(17)18)19-24(20,21)10-9-12-5-3-2-4-6-12/h2-11,16,19H,1H3/b10-9+. The monoisotopic (exact) mass is 355 g/mol. The molecule has 2 aromatic rings. The Morgan fingerprint density at radius 1 is 1.08 bits per heavy atom. The van der Waals surface area contributed by atoms with Gasteiger partial charge in [0.1, 0.15) is 0 Å². The molecule has 0 aliphatic rings. The third kappa shape index (κ3) is 5.24. The van der Waals surface area contributed by atoms with Crippen LogP contribution < -0.4 is 14.2 Å². The highest BCUT2D eigenvalue weighted by molar-refractivity contribution is 7.95. The number of methoxy groups -OCH3 is 1. The summed E-state index contributed by atoms with van der Waals surface area (Å²) in [5.74, 6) is -0.196. The Hall–Kier alpha value is -2.61. The molecule has 0 heterocycles. The lowest BCUT2D eigenvalue weighted by molar-refractivity contribution is -0.0511. The second kappa shape index (κ2) is 7.78. The van der Waals surface area contributed by atoms with E-state index in [1.54, 1.807) is 24.3 Å². The highest BCUT2D eigenvalue weighted by Gasteiger charge is 2.13. The van der Waals surface area contributed by atoms with Crippen LogP contribution in [0.1, 0.15) is 5.56 Å². The van der Waals surface area contributed by atoms with Crippen LogP contribution in [0.25, 0.3) is 6.08 Å². The first-order chi connectivity index (χ1) is 11.4. The van der Waals surface area contributed by atoms with E-state index in [1.165, 1.54) is 25.3 Å². The molecule has 0 radical (unpaired) electrons. The maximum absolute atomic E-state index is 12.4. The normalized spacial score (nSPS) is 11.7. The molecule has 1 N–H and O–H groups in total. The number of rotatable bonds is 7. The molecule has 0 saturated carbocycles. The summed E-state index contributed by atoms with van der Waals surface area (Å²) in [5, 5.41) is 0.986. The summed E-state index contributed by atoms with van der Waals surface area (Å²) in [6.07, 6.45) is 1.42. The van der Waals surface area contributed by atoms with Gasteiger partial charge < -0.3 is 9.47 Å². The zero-order valence-corrected chi connectivity index (χ0v) is 13.5. The summed E-state index contributed by atoms with van der Waals surface area (Å²) in [7, 11) is -2.52. The maximum atomic E-state index is 12.4. The van der Waals surface area contributed by atoms with Gasteiger partial charge in [0.2, 0.25) is 0 Å². The van der Waals surface area contributed by atoms with Gasteiger partial charge in [0.15, 0.2) is 11.5 Å². The summed E-state index contributed by atoms with van der Waals surface area (Å²) in [4.78, 5) is 0. The molecule has 0 saturated heterocycles. The SMILES string of the molecule is COc1ccc(NS(=O)(=O)/C=C/c2ccccc2)cc1OC(F)F. The average Bonchev–Trinajstić information content (AvgIpc) is 2.53. The van der Waals surface area contributed by atoms with Crippen molar-refractivity contribution in [3.63, 3.8) is 0 Å². The second-order valence-electron chi connectivity index (χ2n) is 4.60. The van der Waals surface area contributed by atoms with Crippen molar-refractivity contribution in [3.05, 3.63) is 59.5 Å². The van der Waals surface area contributed by atoms with Gasteiger partial charge in [-0.15, -0.1) is 0 Å². The van der Waals surface area contributed by atoms with Crippen LogP contribution in [0.5, 0.6) is 11.5 Å². The highest BCUT2D eigenvalue weighted by atomic mass is 32.2. The lowest BCUT2D eigenvalue weighted by Gasteiger charge is -2.12. The Labute approximate surface area is 138 Å². The van der Waals surface area contributed by atoms with Crippen LogP contribution in [0.15, 0.2) is 53.9 Å². The van der Waals surface area contributed by atoms with Crippen molar-refractivity contribution in [1.29, 1.82) is 0 Å². The number of ether oxygens (including phenoxy) is 2. The van der Waals surface area contributed by atoms with Gasteiger partial charge in [0.25, 0.3) is 10.0 Å². The van der Waals surface area contributed by atoms with Crippen LogP contribution in [0, 0.1) is 0 Å².